The van der Waals surface area contributed by atoms with Gasteiger partial charge in [-0.3, -0.25) is 9.69 Å². The number of carboxylic acid groups (broad SMARTS) is 1. The highest BCUT2D eigenvalue weighted by molar-refractivity contribution is 5.88. The van der Waals surface area contributed by atoms with Crippen molar-refractivity contribution in [3.05, 3.63) is 41.7 Å². The molecule has 2 amide bonds. The lowest BCUT2D eigenvalue weighted by Crippen LogP contribution is -2.49. The van der Waals surface area contributed by atoms with Crippen molar-refractivity contribution < 1.29 is 24.2 Å². The van der Waals surface area contributed by atoms with Crippen molar-refractivity contribution in [1.29, 1.82) is 0 Å². The summed E-state index contributed by atoms with van der Waals surface area (Å²) in [7, 11) is 1.53. The molecule has 0 radical (unpaired) electrons. The van der Waals surface area contributed by atoms with Crippen LogP contribution in [-0.2, 0) is 20.9 Å². The standard InChI is InChI=1S/C33H49N7O5/c1-21(25-19-33(25,30(42)43)38(5)31(44)45-32(2,3)4)18-22-13-15-24(16-14-22)27(34)29(41)39-17-9-12-26(39)28-35-37-40(36-28)20-23-10-7-6-8-11-23/h6-8,10-11,21-22,24-27H,9,12-20,34H2,1-5H3,(H,42,43)/t21?,22?,24?,25?,26-,27?,33+/m0/s1. The van der Waals surface area contributed by atoms with E-state index in [-0.39, 0.29) is 29.7 Å². The molecule has 1 aliphatic heterocycles. The molecule has 2 aromatic rings. The van der Waals surface area contributed by atoms with E-state index in [0.717, 1.165) is 50.5 Å². The fourth-order valence-electron chi connectivity index (χ4n) is 7.58. The van der Waals surface area contributed by atoms with E-state index in [4.69, 9.17) is 10.5 Å². The Labute approximate surface area is 265 Å². The molecule has 12 nitrogen and oxygen atoms in total. The van der Waals surface area contributed by atoms with Crippen LogP contribution in [0.25, 0.3) is 0 Å². The number of tetrazole rings is 1. The largest absolute Gasteiger partial charge is 0.479 e. The summed E-state index contributed by atoms with van der Waals surface area (Å²) in [4.78, 5) is 43.4. The Morgan fingerprint density at radius 2 is 1.82 bits per heavy atom. The normalized spacial score (nSPS) is 27.9. The lowest BCUT2D eigenvalue weighted by atomic mass is 9.75. The van der Waals surface area contributed by atoms with E-state index in [1.54, 1.807) is 25.6 Å². The van der Waals surface area contributed by atoms with Crippen LogP contribution in [0.4, 0.5) is 4.79 Å². The molecule has 45 heavy (non-hydrogen) atoms. The number of aliphatic carboxylic acids is 1. The highest BCUT2D eigenvalue weighted by atomic mass is 16.6. The molecule has 246 valence electrons. The first-order valence-electron chi connectivity index (χ1n) is 16.4. The number of carboxylic acids is 1. The SMILES string of the molecule is CC(CC1CCC(C(N)C(=O)N2CCC[C@H]2c2nnn(Cc3ccccc3)n2)CC1)C1C[C@@]1(C(=O)O)N(C)C(=O)OC(C)(C)C. The van der Waals surface area contributed by atoms with Gasteiger partial charge in [-0.2, -0.15) is 4.80 Å². The van der Waals surface area contributed by atoms with Gasteiger partial charge in [0, 0.05) is 13.6 Å². The number of nitrogens with zero attached hydrogens (tertiary/aromatic N) is 6. The van der Waals surface area contributed by atoms with Gasteiger partial charge in [0.05, 0.1) is 18.6 Å². The average Bonchev–Trinajstić information content (AvgIpc) is 3.30. The van der Waals surface area contributed by atoms with E-state index >= 15 is 0 Å². The van der Waals surface area contributed by atoms with Crippen LogP contribution in [0.5, 0.6) is 0 Å². The highest BCUT2D eigenvalue weighted by Gasteiger charge is 2.66. The van der Waals surface area contributed by atoms with Crippen LogP contribution in [0, 0.1) is 23.7 Å². The highest BCUT2D eigenvalue weighted by Crippen LogP contribution is 2.55. The fourth-order valence-corrected chi connectivity index (χ4v) is 7.58. The van der Waals surface area contributed by atoms with E-state index in [1.807, 2.05) is 35.2 Å². The molecule has 12 heteroatoms. The van der Waals surface area contributed by atoms with Gasteiger partial charge in [-0.1, -0.05) is 50.1 Å². The van der Waals surface area contributed by atoms with Crippen LogP contribution < -0.4 is 5.73 Å². The zero-order valence-corrected chi connectivity index (χ0v) is 27.3. The number of nitrogens with two attached hydrogens (primary N) is 1. The van der Waals surface area contributed by atoms with E-state index in [2.05, 4.69) is 22.3 Å². The number of amides is 2. The number of ether oxygens (including phenoxy) is 1. The molecule has 0 spiro atoms. The van der Waals surface area contributed by atoms with Crippen LogP contribution in [-0.4, -0.2) is 83.9 Å². The minimum Gasteiger partial charge on any atom is -0.479 e. The van der Waals surface area contributed by atoms with Crippen molar-refractivity contribution in [3.8, 4) is 0 Å². The van der Waals surface area contributed by atoms with Crippen molar-refractivity contribution in [3.63, 3.8) is 0 Å². The van der Waals surface area contributed by atoms with Gasteiger partial charge in [-0.15, -0.1) is 10.2 Å². The summed E-state index contributed by atoms with van der Waals surface area (Å²) >= 11 is 0. The summed E-state index contributed by atoms with van der Waals surface area (Å²) in [5.74, 6) is 0.0939. The van der Waals surface area contributed by atoms with E-state index in [1.165, 1.54) is 11.9 Å². The van der Waals surface area contributed by atoms with Gasteiger partial charge in [0.25, 0.3) is 0 Å². The zero-order chi connectivity index (χ0) is 32.5. The fraction of sp³-hybridized carbons (Fsp3) is 0.697. The van der Waals surface area contributed by atoms with Crippen molar-refractivity contribution >= 4 is 18.0 Å². The lowest BCUT2D eigenvalue weighted by Gasteiger charge is -2.35. The molecular weight excluding hydrogens is 574 g/mol. The van der Waals surface area contributed by atoms with Crippen LogP contribution in [0.15, 0.2) is 30.3 Å². The Balaban J connectivity index is 1.12. The molecule has 1 aromatic heterocycles. The minimum atomic E-state index is -1.22. The third-order valence-electron chi connectivity index (χ3n) is 10.2. The molecule has 2 aliphatic carbocycles. The lowest BCUT2D eigenvalue weighted by molar-refractivity contribution is -0.145. The van der Waals surface area contributed by atoms with Crippen molar-refractivity contribution in [2.24, 2.45) is 29.4 Å². The van der Waals surface area contributed by atoms with Crippen LogP contribution >= 0.6 is 0 Å². The number of hydrogen-bond acceptors (Lipinski definition) is 8. The predicted molar refractivity (Wildman–Crippen MR) is 167 cm³/mol. The molecule has 3 aliphatic rings. The first-order valence-corrected chi connectivity index (χ1v) is 16.4. The molecule has 3 unspecified atom stereocenters. The number of likely N-dealkylation sites (tertiary alicyclic amines) is 1. The number of carbonyl (C=O) groups excluding carboxylic acids is 2. The number of rotatable bonds is 10. The quantitative estimate of drug-likeness (QED) is 0.395. The van der Waals surface area contributed by atoms with Gasteiger partial charge in [0.15, 0.2) is 5.82 Å². The van der Waals surface area contributed by atoms with Gasteiger partial charge in [0.1, 0.15) is 11.1 Å². The summed E-state index contributed by atoms with van der Waals surface area (Å²) in [5, 5.41) is 23.3. The second-order valence-electron chi connectivity index (χ2n) is 14.5. The number of aromatic nitrogens is 4. The molecule has 3 fully saturated rings. The Morgan fingerprint density at radius 3 is 2.47 bits per heavy atom. The van der Waals surface area contributed by atoms with Crippen LogP contribution in [0.1, 0.15) is 96.5 Å². The maximum Gasteiger partial charge on any atom is 0.410 e. The first-order chi connectivity index (χ1) is 21.3. The van der Waals surface area contributed by atoms with Crippen molar-refractivity contribution in [2.75, 3.05) is 13.6 Å². The summed E-state index contributed by atoms with van der Waals surface area (Å²) < 4.78 is 5.47. The summed E-state index contributed by atoms with van der Waals surface area (Å²) in [5.41, 5.74) is 5.80. The number of likely N-dealkylation sites (N-methyl/N-ethyl adjacent to an activating group) is 1. The van der Waals surface area contributed by atoms with Gasteiger partial charge < -0.3 is 20.5 Å². The predicted octanol–water partition coefficient (Wildman–Crippen LogP) is 4.26. The number of hydrogen-bond donors (Lipinski definition) is 2. The zero-order valence-electron chi connectivity index (χ0n) is 27.3. The van der Waals surface area contributed by atoms with E-state index in [9.17, 15) is 19.5 Å². The number of carbonyl (C=O) groups is 3. The van der Waals surface area contributed by atoms with Crippen molar-refractivity contribution in [2.45, 2.75) is 109 Å². The molecule has 2 heterocycles. The van der Waals surface area contributed by atoms with Gasteiger partial charge >= 0.3 is 12.1 Å². The Hall–Kier alpha value is -3.54. The molecule has 3 N–H and O–H groups in total. The van der Waals surface area contributed by atoms with Crippen LogP contribution in [0.3, 0.4) is 0 Å². The number of benzene rings is 1. The first kappa shape index (κ1) is 32.8. The Kier molecular flexibility index (Phi) is 9.53. The molecule has 5 atom stereocenters. The second-order valence-corrected chi connectivity index (χ2v) is 14.5. The molecule has 5 rings (SSSR count). The maximum absolute atomic E-state index is 13.6. The molecular formula is C33H49N7O5. The van der Waals surface area contributed by atoms with Crippen molar-refractivity contribution in [1.82, 2.24) is 30.0 Å². The molecule has 1 aromatic carbocycles. The second kappa shape index (κ2) is 13.1. The summed E-state index contributed by atoms with van der Waals surface area (Å²) in [6, 6.07) is 9.17. The topological polar surface area (TPSA) is 157 Å². The van der Waals surface area contributed by atoms with Gasteiger partial charge in [-0.05, 0) is 93.7 Å². The monoisotopic (exact) mass is 623 g/mol. The third kappa shape index (κ3) is 7.15. The molecule has 2 saturated carbocycles. The van der Waals surface area contributed by atoms with Crippen LogP contribution in [0.2, 0.25) is 0 Å². The summed E-state index contributed by atoms with van der Waals surface area (Å²) in [6.07, 6.45) is 6.00. The van der Waals surface area contributed by atoms with Gasteiger partial charge in [0.2, 0.25) is 5.91 Å². The Morgan fingerprint density at radius 1 is 1.13 bits per heavy atom. The van der Waals surface area contributed by atoms with Gasteiger partial charge in [-0.25, -0.2) is 9.59 Å². The average molecular weight is 624 g/mol. The van der Waals surface area contributed by atoms with E-state index < -0.39 is 29.2 Å². The summed E-state index contributed by atoms with van der Waals surface area (Å²) in [6.45, 7) is 8.58. The molecule has 1 saturated heterocycles. The Bertz CT molecular complexity index is 1350. The minimum absolute atomic E-state index is 0.0388. The maximum atomic E-state index is 13.6. The van der Waals surface area contributed by atoms with E-state index in [0.29, 0.717) is 31.3 Å². The third-order valence-corrected chi connectivity index (χ3v) is 10.2. The smallest absolute Gasteiger partial charge is 0.410 e. The molecule has 0 bridgehead atoms.